The summed E-state index contributed by atoms with van der Waals surface area (Å²) in [7, 11) is 0. The van der Waals surface area contributed by atoms with E-state index in [1.165, 1.54) is 12.1 Å². The Bertz CT molecular complexity index is 1270. The maximum atomic E-state index is 13.3. The van der Waals surface area contributed by atoms with Crippen LogP contribution in [0.1, 0.15) is 23.7 Å². The second kappa shape index (κ2) is 8.46. The number of amides is 1. The zero-order chi connectivity index (χ0) is 22.1. The van der Waals surface area contributed by atoms with Crippen molar-refractivity contribution < 1.29 is 13.9 Å². The third-order valence-corrected chi connectivity index (χ3v) is 5.89. The largest absolute Gasteiger partial charge is 0.492 e. The number of halogens is 1. The van der Waals surface area contributed by atoms with Crippen LogP contribution in [0.25, 0.3) is 11.0 Å². The van der Waals surface area contributed by atoms with E-state index in [9.17, 15) is 9.18 Å². The summed E-state index contributed by atoms with van der Waals surface area (Å²) in [5.74, 6) is 1.40. The molecule has 0 aliphatic carbocycles. The van der Waals surface area contributed by atoms with Crippen LogP contribution >= 0.6 is 0 Å². The maximum absolute atomic E-state index is 13.3. The lowest BCUT2D eigenvalue weighted by Crippen LogP contribution is -2.24. The first kappa shape index (κ1) is 20.2. The molecule has 1 aromatic heterocycles. The summed E-state index contributed by atoms with van der Waals surface area (Å²) >= 11 is 0. The number of fused-ring (bicyclic) bond motifs is 1. The van der Waals surface area contributed by atoms with Gasteiger partial charge >= 0.3 is 0 Å². The third-order valence-electron chi connectivity index (χ3n) is 5.89. The molecule has 2 heterocycles. The van der Waals surface area contributed by atoms with Gasteiger partial charge in [0.2, 0.25) is 5.91 Å². The van der Waals surface area contributed by atoms with E-state index in [1.54, 1.807) is 17.0 Å². The van der Waals surface area contributed by atoms with Gasteiger partial charge in [-0.3, -0.25) is 4.79 Å². The lowest BCUT2D eigenvalue weighted by Gasteiger charge is -2.17. The highest BCUT2D eigenvalue weighted by Crippen LogP contribution is 2.33. The minimum absolute atomic E-state index is 0.0243. The van der Waals surface area contributed by atoms with E-state index < -0.39 is 0 Å². The predicted octanol–water partition coefficient (Wildman–Crippen LogP) is 5.08. The van der Waals surface area contributed by atoms with Crippen molar-refractivity contribution >= 4 is 22.6 Å². The van der Waals surface area contributed by atoms with Gasteiger partial charge in [-0.1, -0.05) is 24.3 Å². The van der Waals surface area contributed by atoms with Gasteiger partial charge in [-0.25, -0.2) is 9.37 Å². The Morgan fingerprint density at radius 3 is 2.69 bits per heavy atom. The number of carbonyl (C=O) groups excluding carboxylic acids is 1. The van der Waals surface area contributed by atoms with Crippen molar-refractivity contribution in [2.24, 2.45) is 0 Å². The molecule has 5 rings (SSSR count). The average molecular weight is 429 g/mol. The molecule has 1 aliphatic rings. The second-order valence-electron chi connectivity index (χ2n) is 8.16. The Kier molecular flexibility index (Phi) is 5.35. The number of aromatic nitrogens is 2. The van der Waals surface area contributed by atoms with Gasteiger partial charge in [-0.2, -0.15) is 0 Å². The van der Waals surface area contributed by atoms with Gasteiger partial charge in [0.15, 0.2) is 0 Å². The summed E-state index contributed by atoms with van der Waals surface area (Å²) in [5.41, 5.74) is 3.81. The first-order chi connectivity index (χ1) is 15.6. The lowest BCUT2D eigenvalue weighted by molar-refractivity contribution is -0.117. The molecule has 0 N–H and O–H groups in total. The van der Waals surface area contributed by atoms with Crippen LogP contribution in [0.15, 0.2) is 72.8 Å². The smallest absolute Gasteiger partial charge is 0.227 e. The molecule has 1 amide bonds. The van der Waals surface area contributed by atoms with Crippen LogP contribution in [-0.4, -0.2) is 28.6 Å². The number of ether oxygens (including phenoxy) is 1. The summed E-state index contributed by atoms with van der Waals surface area (Å²) in [4.78, 5) is 19.4. The van der Waals surface area contributed by atoms with Crippen LogP contribution in [0, 0.1) is 12.7 Å². The van der Waals surface area contributed by atoms with Crippen molar-refractivity contribution in [3.8, 4) is 5.75 Å². The predicted molar refractivity (Wildman–Crippen MR) is 123 cm³/mol. The average Bonchev–Trinajstić information content (AvgIpc) is 3.35. The molecule has 0 spiro atoms. The molecular weight excluding hydrogens is 405 g/mol. The van der Waals surface area contributed by atoms with E-state index in [2.05, 4.69) is 4.57 Å². The molecule has 6 heteroatoms. The summed E-state index contributed by atoms with van der Waals surface area (Å²) in [5, 5.41) is 0. The molecule has 0 radical (unpaired) electrons. The Morgan fingerprint density at radius 1 is 1.06 bits per heavy atom. The van der Waals surface area contributed by atoms with Crippen molar-refractivity contribution in [1.82, 2.24) is 9.55 Å². The second-order valence-corrected chi connectivity index (χ2v) is 8.16. The van der Waals surface area contributed by atoms with Crippen molar-refractivity contribution in [1.29, 1.82) is 0 Å². The fourth-order valence-electron chi connectivity index (χ4n) is 4.35. The number of nitrogens with zero attached hydrogens (tertiary/aromatic N) is 3. The standard InChI is InChI=1S/C26H24FN3O2/c1-18-5-4-6-22(15-18)32-14-13-29-24-8-3-2-7-23(24)28-26(29)19-16-25(31)30(17-19)21-11-9-20(27)10-12-21/h2-12,15,19H,13-14,16-17H2,1H3/t19-/m1/s1. The monoisotopic (exact) mass is 429 g/mol. The van der Waals surface area contributed by atoms with E-state index in [-0.39, 0.29) is 17.6 Å². The molecule has 0 bridgehead atoms. The quantitative estimate of drug-likeness (QED) is 0.429. The Labute approximate surface area is 186 Å². The van der Waals surface area contributed by atoms with Crippen LogP contribution in [0.3, 0.4) is 0 Å². The molecule has 4 aromatic rings. The van der Waals surface area contributed by atoms with Gasteiger partial charge in [0.1, 0.15) is 24.0 Å². The normalized spacial score (nSPS) is 16.1. The molecule has 162 valence electrons. The number of hydrogen-bond donors (Lipinski definition) is 0. The van der Waals surface area contributed by atoms with Crippen molar-refractivity contribution in [3.05, 3.63) is 90.0 Å². The molecule has 1 saturated heterocycles. The number of anilines is 1. The van der Waals surface area contributed by atoms with Crippen LogP contribution in [-0.2, 0) is 11.3 Å². The number of aryl methyl sites for hydroxylation is 1. The molecule has 1 atom stereocenters. The fraction of sp³-hybridized carbons (Fsp3) is 0.231. The molecule has 1 aliphatic heterocycles. The minimum Gasteiger partial charge on any atom is -0.492 e. The highest BCUT2D eigenvalue weighted by Gasteiger charge is 2.34. The Morgan fingerprint density at radius 2 is 1.88 bits per heavy atom. The van der Waals surface area contributed by atoms with Gasteiger partial charge < -0.3 is 14.2 Å². The van der Waals surface area contributed by atoms with Gasteiger partial charge in [0.25, 0.3) is 0 Å². The van der Waals surface area contributed by atoms with Crippen LogP contribution < -0.4 is 9.64 Å². The zero-order valence-corrected chi connectivity index (χ0v) is 17.9. The number of rotatable bonds is 6. The Hall–Kier alpha value is -3.67. The van der Waals surface area contributed by atoms with E-state index in [1.807, 2.05) is 55.5 Å². The van der Waals surface area contributed by atoms with Crippen molar-refractivity contribution in [3.63, 3.8) is 0 Å². The first-order valence-corrected chi connectivity index (χ1v) is 10.8. The fourth-order valence-corrected chi connectivity index (χ4v) is 4.35. The summed E-state index contributed by atoms with van der Waals surface area (Å²) in [6.07, 6.45) is 0.374. The Balaban J connectivity index is 1.40. The van der Waals surface area contributed by atoms with Gasteiger partial charge in [0, 0.05) is 24.6 Å². The SMILES string of the molecule is Cc1cccc(OCCn2c([C@@H]3CC(=O)N(c4ccc(F)cc4)C3)nc3ccccc32)c1. The van der Waals surface area contributed by atoms with Crippen molar-refractivity contribution in [2.45, 2.75) is 25.8 Å². The summed E-state index contributed by atoms with van der Waals surface area (Å²) in [6.45, 7) is 3.69. The molecule has 0 saturated carbocycles. The van der Waals surface area contributed by atoms with Gasteiger partial charge in [-0.05, 0) is 61.0 Å². The van der Waals surface area contributed by atoms with Crippen LogP contribution in [0.5, 0.6) is 5.75 Å². The van der Waals surface area contributed by atoms with E-state index in [4.69, 9.17) is 9.72 Å². The molecular formula is C26H24FN3O2. The lowest BCUT2D eigenvalue weighted by atomic mass is 10.1. The molecule has 5 nitrogen and oxygen atoms in total. The number of para-hydroxylation sites is 2. The number of carbonyl (C=O) groups is 1. The highest BCUT2D eigenvalue weighted by molar-refractivity contribution is 5.96. The van der Waals surface area contributed by atoms with E-state index in [0.717, 1.165) is 28.2 Å². The molecule has 3 aromatic carbocycles. The van der Waals surface area contributed by atoms with E-state index >= 15 is 0 Å². The molecule has 32 heavy (non-hydrogen) atoms. The minimum atomic E-state index is -0.313. The third kappa shape index (κ3) is 3.96. The van der Waals surface area contributed by atoms with Crippen molar-refractivity contribution in [2.75, 3.05) is 18.1 Å². The number of imidazole rings is 1. The van der Waals surface area contributed by atoms with Gasteiger partial charge in [-0.15, -0.1) is 0 Å². The van der Waals surface area contributed by atoms with Gasteiger partial charge in [0.05, 0.1) is 17.6 Å². The summed E-state index contributed by atoms with van der Waals surface area (Å²) in [6, 6.07) is 22.1. The molecule has 0 unspecified atom stereocenters. The highest BCUT2D eigenvalue weighted by atomic mass is 19.1. The van der Waals surface area contributed by atoms with Crippen LogP contribution in [0.2, 0.25) is 0 Å². The first-order valence-electron chi connectivity index (χ1n) is 10.8. The number of hydrogen-bond acceptors (Lipinski definition) is 3. The van der Waals surface area contributed by atoms with Crippen LogP contribution in [0.4, 0.5) is 10.1 Å². The zero-order valence-electron chi connectivity index (χ0n) is 17.9. The number of benzene rings is 3. The summed E-state index contributed by atoms with van der Waals surface area (Å²) < 4.78 is 21.5. The maximum Gasteiger partial charge on any atom is 0.227 e. The topological polar surface area (TPSA) is 47.4 Å². The molecule has 1 fully saturated rings. The van der Waals surface area contributed by atoms with E-state index in [0.29, 0.717) is 31.8 Å².